The number of hydrogen-bond acceptors (Lipinski definition) is 7. The lowest BCUT2D eigenvalue weighted by molar-refractivity contribution is 0.0373. The molecule has 1 aliphatic rings. The number of nitrogens with one attached hydrogen (secondary N) is 2. The number of fused-ring (bicyclic) bond motifs is 1. The molecule has 4 rings (SSSR count). The highest BCUT2D eigenvalue weighted by Gasteiger charge is 2.35. The fraction of sp³-hybridized carbons (Fsp3) is 0.333. The number of hydrogen-bond donors (Lipinski definition) is 3. The summed E-state index contributed by atoms with van der Waals surface area (Å²) in [6.45, 7) is 3.73. The summed E-state index contributed by atoms with van der Waals surface area (Å²) >= 11 is 0. The van der Waals surface area contributed by atoms with Crippen molar-refractivity contribution >= 4 is 33.3 Å². The molecular weight excluding hydrogens is 560 g/mol. The van der Waals surface area contributed by atoms with Crippen LogP contribution in [0.1, 0.15) is 24.2 Å². The van der Waals surface area contributed by atoms with Crippen molar-refractivity contribution in [1.82, 2.24) is 9.80 Å². The van der Waals surface area contributed by atoms with Crippen molar-refractivity contribution < 1.29 is 32.6 Å². The number of sulfonamides is 1. The lowest BCUT2D eigenvalue weighted by atomic mass is 9.99. The first-order valence-corrected chi connectivity index (χ1v) is 15.0. The maximum atomic E-state index is 13.7. The molecule has 224 valence electrons. The van der Waals surface area contributed by atoms with Crippen molar-refractivity contribution in [3.05, 3.63) is 78.4 Å². The van der Waals surface area contributed by atoms with E-state index in [0.717, 1.165) is 0 Å². The van der Waals surface area contributed by atoms with Crippen LogP contribution >= 0.6 is 0 Å². The molecule has 0 spiro atoms. The Morgan fingerprint density at radius 2 is 1.81 bits per heavy atom. The second-order valence-electron chi connectivity index (χ2n) is 10.3. The van der Waals surface area contributed by atoms with Crippen LogP contribution < -0.4 is 19.5 Å². The number of anilines is 2. The number of amides is 3. The number of benzene rings is 3. The first-order chi connectivity index (χ1) is 20.0. The average molecular weight is 597 g/mol. The van der Waals surface area contributed by atoms with Crippen molar-refractivity contribution in [2.75, 3.05) is 43.9 Å². The summed E-state index contributed by atoms with van der Waals surface area (Å²) in [6, 6.07) is 18.5. The zero-order valence-electron chi connectivity index (χ0n) is 24.0. The van der Waals surface area contributed by atoms with E-state index in [1.165, 1.54) is 23.1 Å². The first-order valence-electron chi connectivity index (χ1n) is 13.5. The Hall–Kier alpha value is -4.29. The standard InChI is InChI=1S/C30H36N4O7S/c1-20-17-34(21(2)19-35)29(36)25-11-8-12-26(32-42(38,39)24-9-6-5-7-10-24)28(25)41-27(20)18-33(3)30(37)31-22-13-15-23(40-4)16-14-22/h5-16,20-21,27,32,35H,17-19H2,1-4H3,(H,31,37)/t20-,21+,27-/m1/s1. The lowest BCUT2D eigenvalue weighted by Crippen LogP contribution is -2.50. The van der Waals surface area contributed by atoms with Gasteiger partial charge in [0.05, 0.1) is 42.4 Å². The quantitative estimate of drug-likeness (QED) is 0.341. The number of aliphatic hydroxyl groups is 1. The van der Waals surface area contributed by atoms with Crippen molar-refractivity contribution in [1.29, 1.82) is 0 Å². The van der Waals surface area contributed by atoms with Crippen LogP contribution in [0, 0.1) is 5.92 Å². The zero-order valence-corrected chi connectivity index (χ0v) is 24.8. The van der Waals surface area contributed by atoms with Gasteiger partial charge in [-0.2, -0.15) is 0 Å². The van der Waals surface area contributed by atoms with Gasteiger partial charge in [-0.05, 0) is 55.5 Å². The lowest BCUT2D eigenvalue weighted by Gasteiger charge is -2.38. The molecule has 0 saturated carbocycles. The number of aliphatic hydroxyl groups excluding tert-OH is 1. The monoisotopic (exact) mass is 596 g/mol. The van der Waals surface area contributed by atoms with Gasteiger partial charge >= 0.3 is 6.03 Å². The average Bonchev–Trinajstić information content (AvgIpc) is 2.99. The van der Waals surface area contributed by atoms with Gasteiger partial charge in [-0.25, -0.2) is 13.2 Å². The highest BCUT2D eigenvalue weighted by molar-refractivity contribution is 7.92. The molecule has 3 aromatic rings. The van der Waals surface area contributed by atoms with Crippen LogP contribution in [0.2, 0.25) is 0 Å². The second-order valence-corrected chi connectivity index (χ2v) is 11.9. The van der Waals surface area contributed by atoms with Gasteiger partial charge in [0, 0.05) is 25.2 Å². The summed E-state index contributed by atoms with van der Waals surface area (Å²) in [7, 11) is -0.823. The van der Waals surface area contributed by atoms with Gasteiger partial charge in [-0.1, -0.05) is 31.2 Å². The molecule has 42 heavy (non-hydrogen) atoms. The second kappa shape index (κ2) is 13.1. The SMILES string of the molecule is COc1ccc(NC(=O)N(C)C[C@H]2Oc3c(NS(=O)(=O)c4ccccc4)cccc3C(=O)N([C@@H](C)CO)C[C@H]2C)cc1. The summed E-state index contributed by atoms with van der Waals surface area (Å²) in [5.74, 6) is 0.0126. The topological polar surface area (TPSA) is 138 Å². The molecule has 12 heteroatoms. The number of likely N-dealkylation sites (N-methyl/N-ethyl adjacent to an activating group) is 1. The molecule has 0 aromatic heterocycles. The molecule has 0 aliphatic carbocycles. The zero-order chi connectivity index (χ0) is 30.4. The fourth-order valence-corrected chi connectivity index (χ4v) is 5.67. The molecule has 11 nitrogen and oxygen atoms in total. The van der Waals surface area contributed by atoms with E-state index >= 15 is 0 Å². The predicted octanol–water partition coefficient (Wildman–Crippen LogP) is 3.88. The van der Waals surface area contributed by atoms with E-state index in [0.29, 0.717) is 11.4 Å². The minimum absolute atomic E-state index is 0.0511. The maximum Gasteiger partial charge on any atom is 0.321 e. The largest absolute Gasteiger partial charge is 0.497 e. The van der Waals surface area contributed by atoms with Crippen molar-refractivity contribution in [2.24, 2.45) is 5.92 Å². The van der Waals surface area contributed by atoms with Crippen LogP contribution in [0.5, 0.6) is 11.5 Å². The Balaban J connectivity index is 1.66. The van der Waals surface area contributed by atoms with E-state index in [1.807, 2.05) is 6.92 Å². The van der Waals surface area contributed by atoms with Gasteiger partial charge in [0.15, 0.2) is 5.75 Å². The smallest absolute Gasteiger partial charge is 0.321 e. The summed E-state index contributed by atoms with van der Waals surface area (Å²) < 4.78 is 40.6. The number of rotatable bonds is 9. The van der Waals surface area contributed by atoms with E-state index in [9.17, 15) is 23.1 Å². The van der Waals surface area contributed by atoms with Crippen molar-refractivity contribution in [3.63, 3.8) is 0 Å². The summed E-state index contributed by atoms with van der Waals surface area (Å²) in [5, 5.41) is 12.7. The number of carbonyl (C=O) groups excluding carboxylic acids is 2. The van der Waals surface area contributed by atoms with Gasteiger partial charge in [0.1, 0.15) is 11.9 Å². The Labute approximate surface area is 246 Å². The number of carbonyl (C=O) groups is 2. The Bertz CT molecular complexity index is 1500. The Morgan fingerprint density at radius 3 is 2.45 bits per heavy atom. The van der Waals surface area contributed by atoms with Gasteiger partial charge in [-0.3, -0.25) is 9.52 Å². The van der Waals surface area contributed by atoms with E-state index < -0.39 is 28.1 Å². The van der Waals surface area contributed by atoms with E-state index in [2.05, 4.69) is 10.0 Å². The number of ether oxygens (including phenoxy) is 2. The Kier molecular flexibility index (Phi) is 9.59. The van der Waals surface area contributed by atoms with Crippen LogP contribution in [0.3, 0.4) is 0 Å². The third-order valence-electron chi connectivity index (χ3n) is 7.13. The molecule has 3 aromatic carbocycles. The van der Waals surface area contributed by atoms with Crippen LogP contribution in [0.4, 0.5) is 16.2 Å². The van der Waals surface area contributed by atoms with Gasteiger partial charge in [0.25, 0.3) is 15.9 Å². The molecule has 0 unspecified atom stereocenters. The normalized spacial score (nSPS) is 17.6. The molecule has 0 bridgehead atoms. The Morgan fingerprint density at radius 1 is 1.12 bits per heavy atom. The van der Waals surface area contributed by atoms with Gasteiger partial charge < -0.3 is 29.7 Å². The van der Waals surface area contributed by atoms with Crippen LogP contribution in [0.15, 0.2) is 77.7 Å². The summed E-state index contributed by atoms with van der Waals surface area (Å²) in [4.78, 5) is 29.8. The number of para-hydroxylation sites is 1. The molecule has 1 heterocycles. The number of nitrogens with zero attached hydrogens (tertiary/aromatic N) is 2. The third-order valence-corrected chi connectivity index (χ3v) is 8.51. The van der Waals surface area contributed by atoms with Crippen LogP contribution in [-0.2, 0) is 10.0 Å². The molecule has 0 saturated heterocycles. The highest BCUT2D eigenvalue weighted by Crippen LogP contribution is 2.36. The van der Waals surface area contributed by atoms with E-state index in [1.54, 1.807) is 80.6 Å². The van der Waals surface area contributed by atoms with Crippen molar-refractivity contribution in [3.8, 4) is 11.5 Å². The highest BCUT2D eigenvalue weighted by atomic mass is 32.2. The van der Waals surface area contributed by atoms with E-state index in [4.69, 9.17) is 9.47 Å². The predicted molar refractivity (Wildman–Crippen MR) is 159 cm³/mol. The summed E-state index contributed by atoms with van der Waals surface area (Å²) in [5.41, 5.74) is 0.812. The minimum atomic E-state index is -4.01. The van der Waals surface area contributed by atoms with Crippen molar-refractivity contribution in [2.45, 2.75) is 30.9 Å². The van der Waals surface area contributed by atoms with E-state index in [-0.39, 0.29) is 53.5 Å². The molecule has 3 N–H and O–H groups in total. The molecule has 3 atom stereocenters. The first kappa shape index (κ1) is 30.7. The van der Waals surface area contributed by atoms with Gasteiger partial charge in [-0.15, -0.1) is 0 Å². The molecular formula is C30H36N4O7S. The van der Waals surface area contributed by atoms with Gasteiger partial charge in [0.2, 0.25) is 0 Å². The number of urea groups is 1. The fourth-order valence-electron chi connectivity index (χ4n) is 4.59. The van der Waals surface area contributed by atoms with Crippen LogP contribution in [-0.4, -0.2) is 81.3 Å². The molecule has 0 radical (unpaired) electrons. The molecule has 0 fully saturated rings. The third kappa shape index (κ3) is 6.94. The summed E-state index contributed by atoms with van der Waals surface area (Å²) in [6.07, 6.45) is -0.640. The maximum absolute atomic E-state index is 13.7. The van der Waals surface area contributed by atoms with Crippen LogP contribution in [0.25, 0.3) is 0 Å². The molecule has 3 amide bonds. The number of methoxy groups -OCH3 is 1. The molecule has 1 aliphatic heterocycles. The minimum Gasteiger partial charge on any atom is -0.497 e.